The number of nitrogens with zero attached hydrogens (tertiary/aromatic N) is 2. The van der Waals surface area contributed by atoms with Gasteiger partial charge in [0.15, 0.2) is 6.61 Å². The summed E-state index contributed by atoms with van der Waals surface area (Å²) >= 11 is 3.32. The molecule has 0 bridgehead atoms. The number of nitrogens with one attached hydrogen (secondary N) is 1. The molecule has 1 heterocycles. The van der Waals surface area contributed by atoms with Gasteiger partial charge in [0.25, 0.3) is 11.6 Å². The van der Waals surface area contributed by atoms with E-state index in [9.17, 15) is 14.9 Å². The Morgan fingerprint density at radius 3 is 2.82 bits per heavy atom. The van der Waals surface area contributed by atoms with Crippen LogP contribution in [0.4, 0.5) is 5.69 Å². The molecule has 0 saturated heterocycles. The second-order valence-corrected chi connectivity index (χ2v) is 6.46. The normalized spacial score (nSPS) is 10.8. The number of halogens is 1. The van der Waals surface area contributed by atoms with Crippen LogP contribution < -0.4 is 10.2 Å². The number of carbonyl (C=O) groups is 1. The van der Waals surface area contributed by atoms with Crippen molar-refractivity contribution in [1.29, 1.82) is 0 Å². The molecule has 0 aliphatic carbocycles. The van der Waals surface area contributed by atoms with Gasteiger partial charge in [0.1, 0.15) is 17.3 Å². The standard InChI is InChI=1S/C19H14BrN3O5/c20-14-4-2-6-16(10-14)27-12-19(24)22-21-11-17-7-8-18(28-17)13-3-1-5-15(9-13)23(25)26/h1-11H,12H2,(H,22,24)/b21-11+. The molecule has 0 aliphatic rings. The van der Waals surface area contributed by atoms with Crippen LogP contribution in [0.25, 0.3) is 11.3 Å². The smallest absolute Gasteiger partial charge is 0.277 e. The zero-order chi connectivity index (χ0) is 19.9. The average Bonchev–Trinajstić information content (AvgIpc) is 3.15. The Balaban J connectivity index is 1.54. The predicted octanol–water partition coefficient (Wildman–Crippen LogP) is 4.15. The van der Waals surface area contributed by atoms with Crippen LogP contribution in [0.2, 0.25) is 0 Å². The van der Waals surface area contributed by atoms with E-state index in [2.05, 4.69) is 26.5 Å². The summed E-state index contributed by atoms with van der Waals surface area (Å²) in [7, 11) is 0. The first-order valence-corrected chi connectivity index (χ1v) is 8.85. The number of nitro groups is 1. The zero-order valence-electron chi connectivity index (χ0n) is 14.4. The van der Waals surface area contributed by atoms with E-state index in [0.717, 1.165) is 4.47 Å². The Kier molecular flexibility index (Phi) is 6.18. The van der Waals surface area contributed by atoms with Gasteiger partial charge in [0.05, 0.1) is 11.1 Å². The second-order valence-electron chi connectivity index (χ2n) is 5.55. The molecule has 8 nitrogen and oxygen atoms in total. The van der Waals surface area contributed by atoms with Gasteiger partial charge in [0.2, 0.25) is 0 Å². The zero-order valence-corrected chi connectivity index (χ0v) is 16.0. The van der Waals surface area contributed by atoms with Crippen molar-refractivity contribution in [2.45, 2.75) is 0 Å². The number of rotatable bonds is 7. The number of ether oxygens (including phenoxy) is 1. The van der Waals surface area contributed by atoms with Crippen LogP contribution in [0, 0.1) is 10.1 Å². The Morgan fingerprint density at radius 1 is 1.21 bits per heavy atom. The molecule has 9 heteroatoms. The number of carbonyl (C=O) groups excluding carboxylic acids is 1. The van der Waals surface area contributed by atoms with Crippen molar-refractivity contribution in [2.24, 2.45) is 5.10 Å². The van der Waals surface area contributed by atoms with E-state index < -0.39 is 10.8 Å². The van der Waals surface area contributed by atoms with Crippen molar-refractivity contribution < 1.29 is 18.9 Å². The number of amides is 1. The number of furan rings is 1. The number of nitro benzene ring substituents is 1. The minimum Gasteiger partial charge on any atom is -0.484 e. The van der Waals surface area contributed by atoms with Gasteiger partial charge in [-0.3, -0.25) is 14.9 Å². The maximum absolute atomic E-state index is 11.8. The van der Waals surface area contributed by atoms with Gasteiger partial charge in [-0.05, 0) is 30.3 Å². The monoisotopic (exact) mass is 443 g/mol. The highest BCUT2D eigenvalue weighted by Gasteiger charge is 2.10. The molecule has 0 radical (unpaired) electrons. The third-order valence-electron chi connectivity index (χ3n) is 3.52. The molecule has 2 aromatic carbocycles. The first-order valence-electron chi connectivity index (χ1n) is 8.06. The van der Waals surface area contributed by atoms with Gasteiger partial charge in [-0.25, -0.2) is 5.43 Å². The Bertz CT molecular complexity index is 1030. The SMILES string of the molecule is O=C(COc1cccc(Br)c1)N/N=C/c1ccc(-c2cccc([N+](=O)[O-])c2)o1. The lowest BCUT2D eigenvalue weighted by molar-refractivity contribution is -0.384. The molecular weight excluding hydrogens is 430 g/mol. The number of benzene rings is 2. The van der Waals surface area contributed by atoms with Crippen molar-refractivity contribution in [3.8, 4) is 17.1 Å². The molecule has 0 fully saturated rings. The molecular formula is C19H14BrN3O5. The van der Waals surface area contributed by atoms with Gasteiger partial charge in [-0.1, -0.05) is 34.1 Å². The van der Waals surface area contributed by atoms with Crippen LogP contribution in [0.5, 0.6) is 5.75 Å². The summed E-state index contributed by atoms with van der Waals surface area (Å²) in [6.07, 6.45) is 1.33. The molecule has 0 aliphatic heterocycles. The lowest BCUT2D eigenvalue weighted by Gasteiger charge is -2.04. The maximum atomic E-state index is 11.8. The highest BCUT2D eigenvalue weighted by molar-refractivity contribution is 9.10. The first kappa shape index (κ1) is 19.3. The Hall–Kier alpha value is -3.46. The first-order chi connectivity index (χ1) is 13.5. The highest BCUT2D eigenvalue weighted by Crippen LogP contribution is 2.25. The van der Waals surface area contributed by atoms with Crippen molar-refractivity contribution >= 4 is 33.7 Å². The van der Waals surface area contributed by atoms with Gasteiger partial charge in [0, 0.05) is 22.2 Å². The lowest BCUT2D eigenvalue weighted by atomic mass is 10.1. The third kappa shape index (κ3) is 5.27. The van der Waals surface area contributed by atoms with Gasteiger partial charge in [-0.15, -0.1) is 0 Å². The third-order valence-corrected chi connectivity index (χ3v) is 4.01. The Labute approximate surface area is 168 Å². The predicted molar refractivity (Wildman–Crippen MR) is 106 cm³/mol. The van der Waals surface area contributed by atoms with E-state index in [4.69, 9.17) is 9.15 Å². The topological polar surface area (TPSA) is 107 Å². The van der Waals surface area contributed by atoms with Crippen molar-refractivity contribution in [3.63, 3.8) is 0 Å². The molecule has 1 amide bonds. The van der Waals surface area contributed by atoms with Crippen LogP contribution in [-0.4, -0.2) is 23.7 Å². The summed E-state index contributed by atoms with van der Waals surface area (Å²) in [6.45, 7) is -0.190. The van der Waals surface area contributed by atoms with E-state index in [1.165, 1.54) is 18.3 Å². The summed E-state index contributed by atoms with van der Waals surface area (Å²) in [5, 5.41) is 14.7. The van der Waals surface area contributed by atoms with Crippen LogP contribution >= 0.6 is 15.9 Å². The molecule has 0 atom stereocenters. The molecule has 3 aromatic rings. The Morgan fingerprint density at radius 2 is 2.04 bits per heavy atom. The summed E-state index contributed by atoms with van der Waals surface area (Å²) in [4.78, 5) is 22.1. The van der Waals surface area contributed by atoms with Crippen LogP contribution in [0.15, 0.2) is 74.7 Å². The van der Waals surface area contributed by atoms with E-state index in [1.54, 1.807) is 42.5 Å². The number of hydrazone groups is 1. The molecule has 3 rings (SSSR count). The van der Waals surface area contributed by atoms with Crippen molar-refractivity contribution in [2.75, 3.05) is 6.61 Å². The number of hydrogen-bond acceptors (Lipinski definition) is 6. The molecule has 1 N–H and O–H groups in total. The molecule has 0 saturated carbocycles. The van der Waals surface area contributed by atoms with Crippen LogP contribution in [-0.2, 0) is 4.79 Å². The van der Waals surface area contributed by atoms with Gasteiger partial charge in [-0.2, -0.15) is 5.10 Å². The molecule has 142 valence electrons. The van der Waals surface area contributed by atoms with Crippen LogP contribution in [0.1, 0.15) is 5.76 Å². The van der Waals surface area contributed by atoms with E-state index >= 15 is 0 Å². The fourth-order valence-corrected chi connectivity index (χ4v) is 2.63. The quantitative estimate of drug-likeness (QED) is 0.335. The summed E-state index contributed by atoms with van der Waals surface area (Å²) in [6, 6.07) is 16.5. The molecule has 28 heavy (non-hydrogen) atoms. The number of non-ortho nitro benzene ring substituents is 1. The average molecular weight is 444 g/mol. The minimum atomic E-state index is -0.472. The van der Waals surface area contributed by atoms with Crippen LogP contribution in [0.3, 0.4) is 0 Å². The fraction of sp³-hybridized carbons (Fsp3) is 0.0526. The molecule has 1 aromatic heterocycles. The molecule has 0 unspecified atom stereocenters. The largest absolute Gasteiger partial charge is 0.484 e. The van der Waals surface area contributed by atoms with E-state index in [-0.39, 0.29) is 12.3 Å². The van der Waals surface area contributed by atoms with Gasteiger partial charge < -0.3 is 9.15 Å². The lowest BCUT2D eigenvalue weighted by Crippen LogP contribution is -2.24. The summed E-state index contributed by atoms with van der Waals surface area (Å²) in [5.74, 6) is 0.965. The van der Waals surface area contributed by atoms with E-state index in [0.29, 0.717) is 22.8 Å². The maximum Gasteiger partial charge on any atom is 0.277 e. The highest BCUT2D eigenvalue weighted by atomic mass is 79.9. The minimum absolute atomic E-state index is 0.0261. The summed E-state index contributed by atoms with van der Waals surface area (Å²) < 4.78 is 11.8. The number of hydrogen-bond donors (Lipinski definition) is 1. The molecule has 0 spiro atoms. The van der Waals surface area contributed by atoms with Crippen molar-refractivity contribution in [1.82, 2.24) is 5.43 Å². The van der Waals surface area contributed by atoms with E-state index in [1.807, 2.05) is 6.07 Å². The second kappa shape index (κ2) is 8.96. The summed E-state index contributed by atoms with van der Waals surface area (Å²) in [5.41, 5.74) is 2.88. The van der Waals surface area contributed by atoms with Gasteiger partial charge >= 0.3 is 0 Å². The van der Waals surface area contributed by atoms with Crippen molar-refractivity contribution in [3.05, 3.63) is 81.0 Å². The fourth-order valence-electron chi connectivity index (χ4n) is 2.26.